The molecule has 0 aliphatic carbocycles. The van der Waals surface area contributed by atoms with Gasteiger partial charge in [-0.05, 0) is 65.4 Å². The molecular formula is C28H28N2O4S. The van der Waals surface area contributed by atoms with Crippen LogP contribution in [0.3, 0.4) is 0 Å². The summed E-state index contributed by atoms with van der Waals surface area (Å²) in [6.07, 6.45) is 0. The van der Waals surface area contributed by atoms with Gasteiger partial charge in [-0.25, -0.2) is 9.78 Å². The van der Waals surface area contributed by atoms with Gasteiger partial charge in [0.1, 0.15) is 12.4 Å². The number of aromatic nitrogens is 1. The first-order chi connectivity index (χ1) is 16.7. The maximum atomic E-state index is 12.3. The second kappa shape index (κ2) is 10.3. The van der Waals surface area contributed by atoms with Crippen molar-refractivity contribution < 1.29 is 19.1 Å². The summed E-state index contributed by atoms with van der Waals surface area (Å²) < 4.78 is 12.0. The number of rotatable bonds is 7. The number of thiazole rings is 1. The monoisotopic (exact) mass is 488 g/mol. The van der Waals surface area contributed by atoms with Gasteiger partial charge in [-0.1, -0.05) is 62.4 Å². The Labute approximate surface area is 208 Å². The van der Waals surface area contributed by atoms with Gasteiger partial charge in [0.2, 0.25) is 0 Å². The molecule has 0 saturated carbocycles. The molecule has 1 heterocycles. The van der Waals surface area contributed by atoms with E-state index in [0.29, 0.717) is 17.3 Å². The molecular weight excluding hydrogens is 460 g/mol. The Hall–Kier alpha value is -3.71. The van der Waals surface area contributed by atoms with E-state index in [1.54, 1.807) is 12.1 Å². The number of nitrogens with zero attached hydrogens (tertiary/aromatic N) is 1. The number of carbonyl (C=O) groups excluding carboxylic acids is 2. The molecule has 0 aliphatic rings. The van der Waals surface area contributed by atoms with Crippen LogP contribution >= 0.6 is 11.3 Å². The van der Waals surface area contributed by atoms with E-state index in [0.717, 1.165) is 27.1 Å². The smallest absolute Gasteiger partial charge is 0.338 e. The standard InChI is InChI=1S/C28H28N2O4S/c1-18-5-14-23-24(15-18)35-27(29-23)30-25(31)17-34-26(32)20-8-6-19(7-9-20)16-33-22-12-10-21(11-13-22)28(2,3)4/h5-15H,16-17H2,1-4H3,(H,29,30,31). The maximum absolute atomic E-state index is 12.3. The number of carbonyl (C=O) groups is 2. The van der Waals surface area contributed by atoms with E-state index < -0.39 is 11.9 Å². The summed E-state index contributed by atoms with van der Waals surface area (Å²) in [4.78, 5) is 28.9. The molecule has 6 nitrogen and oxygen atoms in total. The third kappa shape index (κ3) is 6.45. The van der Waals surface area contributed by atoms with E-state index >= 15 is 0 Å². The van der Waals surface area contributed by atoms with Gasteiger partial charge < -0.3 is 9.47 Å². The van der Waals surface area contributed by atoms with Gasteiger partial charge in [-0.15, -0.1) is 0 Å². The molecule has 7 heteroatoms. The van der Waals surface area contributed by atoms with E-state index in [1.165, 1.54) is 16.9 Å². The van der Waals surface area contributed by atoms with Crippen LogP contribution in [0.4, 0.5) is 5.13 Å². The lowest BCUT2D eigenvalue weighted by atomic mass is 9.87. The number of fused-ring (bicyclic) bond motifs is 1. The Kier molecular flexibility index (Phi) is 7.17. The van der Waals surface area contributed by atoms with E-state index in [-0.39, 0.29) is 12.0 Å². The molecule has 1 N–H and O–H groups in total. The number of anilines is 1. The van der Waals surface area contributed by atoms with Crippen molar-refractivity contribution in [1.29, 1.82) is 0 Å². The number of ether oxygens (including phenoxy) is 2. The predicted molar refractivity (Wildman–Crippen MR) is 139 cm³/mol. The molecule has 1 amide bonds. The molecule has 4 aromatic rings. The molecule has 4 rings (SSSR count). The summed E-state index contributed by atoms with van der Waals surface area (Å²) in [6, 6.07) is 20.9. The third-order valence-electron chi connectivity index (χ3n) is 5.44. The van der Waals surface area contributed by atoms with Crippen molar-refractivity contribution in [2.45, 2.75) is 39.7 Å². The van der Waals surface area contributed by atoms with Crippen LogP contribution in [0.2, 0.25) is 0 Å². The molecule has 0 aliphatic heterocycles. The highest BCUT2D eigenvalue weighted by Crippen LogP contribution is 2.27. The van der Waals surface area contributed by atoms with Crippen molar-refractivity contribution in [2.75, 3.05) is 11.9 Å². The van der Waals surface area contributed by atoms with Crippen LogP contribution in [-0.2, 0) is 21.6 Å². The molecule has 0 fully saturated rings. The van der Waals surface area contributed by atoms with Crippen LogP contribution in [0.25, 0.3) is 10.2 Å². The fourth-order valence-corrected chi connectivity index (χ4v) is 4.39. The average Bonchev–Trinajstić information content (AvgIpc) is 3.22. The van der Waals surface area contributed by atoms with E-state index in [1.807, 2.05) is 49.4 Å². The number of nitrogens with one attached hydrogen (secondary N) is 1. The number of aryl methyl sites for hydroxylation is 1. The Bertz CT molecular complexity index is 1340. The van der Waals surface area contributed by atoms with E-state index in [9.17, 15) is 9.59 Å². The van der Waals surface area contributed by atoms with Gasteiger partial charge in [0.15, 0.2) is 11.7 Å². The third-order valence-corrected chi connectivity index (χ3v) is 6.37. The van der Waals surface area contributed by atoms with Crippen molar-refractivity contribution in [3.8, 4) is 5.75 Å². The van der Waals surface area contributed by atoms with Crippen molar-refractivity contribution in [3.05, 3.63) is 89.0 Å². The minimum atomic E-state index is -0.565. The van der Waals surface area contributed by atoms with Crippen molar-refractivity contribution >= 4 is 38.6 Å². The minimum absolute atomic E-state index is 0.0956. The Morgan fingerprint density at radius 2 is 1.69 bits per heavy atom. The Morgan fingerprint density at radius 3 is 2.37 bits per heavy atom. The van der Waals surface area contributed by atoms with Crippen LogP contribution in [-0.4, -0.2) is 23.5 Å². The summed E-state index contributed by atoms with van der Waals surface area (Å²) >= 11 is 1.38. The van der Waals surface area contributed by atoms with Crippen LogP contribution in [0, 0.1) is 6.92 Å². The Morgan fingerprint density at radius 1 is 0.971 bits per heavy atom. The zero-order chi connectivity index (χ0) is 25.0. The number of esters is 1. The van der Waals surface area contributed by atoms with E-state index in [2.05, 4.69) is 43.2 Å². The quantitative estimate of drug-likeness (QED) is 0.310. The van der Waals surface area contributed by atoms with Crippen LogP contribution in [0.15, 0.2) is 66.7 Å². The molecule has 0 saturated heterocycles. The van der Waals surface area contributed by atoms with Crippen LogP contribution < -0.4 is 10.1 Å². The second-order valence-electron chi connectivity index (χ2n) is 9.37. The highest BCUT2D eigenvalue weighted by molar-refractivity contribution is 7.22. The number of amides is 1. The van der Waals surface area contributed by atoms with Crippen LogP contribution in [0.1, 0.15) is 47.8 Å². The van der Waals surface area contributed by atoms with Gasteiger partial charge in [-0.3, -0.25) is 10.1 Å². The topological polar surface area (TPSA) is 77.5 Å². The minimum Gasteiger partial charge on any atom is -0.489 e. The van der Waals surface area contributed by atoms with E-state index in [4.69, 9.17) is 9.47 Å². The summed E-state index contributed by atoms with van der Waals surface area (Å²) in [7, 11) is 0. The molecule has 0 bridgehead atoms. The summed E-state index contributed by atoms with van der Waals surface area (Å²) in [6.45, 7) is 8.51. The lowest BCUT2D eigenvalue weighted by Crippen LogP contribution is -2.20. The molecule has 35 heavy (non-hydrogen) atoms. The normalized spacial score (nSPS) is 11.3. The zero-order valence-electron chi connectivity index (χ0n) is 20.3. The number of hydrogen-bond acceptors (Lipinski definition) is 6. The lowest BCUT2D eigenvalue weighted by molar-refractivity contribution is -0.119. The van der Waals surface area contributed by atoms with Gasteiger partial charge in [0.05, 0.1) is 15.8 Å². The van der Waals surface area contributed by atoms with Gasteiger partial charge in [0.25, 0.3) is 5.91 Å². The van der Waals surface area contributed by atoms with Gasteiger partial charge in [0, 0.05) is 0 Å². The highest BCUT2D eigenvalue weighted by atomic mass is 32.1. The second-order valence-corrected chi connectivity index (χ2v) is 10.4. The van der Waals surface area contributed by atoms with Crippen molar-refractivity contribution in [3.63, 3.8) is 0 Å². The first-order valence-corrected chi connectivity index (χ1v) is 12.2. The predicted octanol–water partition coefficient (Wildman–Crippen LogP) is 6.28. The molecule has 0 radical (unpaired) electrons. The van der Waals surface area contributed by atoms with Gasteiger partial charge >= 0.3 is 5.97 Å². The molecule has 1 aromatic heterocycles. The van der Waals surface area contributed by atoms with Crippen molar-refractivity contribution in [2.24, 2.45) is 0 Å². The average molecular weight is 489 g/mol. The lowest BCUT2D eigenvalue weighted by Gasteiger charge is -2.19. The van der Waals surface area contributed by atoms with Crippen molar-refractivity contribution in [1.82, 2.24) is 4.98 Å². The molecule has 0 atom stereocenters. The SMILES string of the molecule is Cc1ccc2nc(NC(=O)COC(=O)c3ccc(COc4ccc(C(C)(C)C)cc4)cc3)sc2c1. The Balaban J connectivity index is 1.25. The highest BCUT2D eigenvalue weighted by Gasteiger charge is 2.14. The molecule has 3 aromatic carbocycles. The zero-order valence-corrected chi connectivity index (χ0v) is 21.1. The number of benzene rings is 3. The maximum Gasteiger partial charge on any atom is 0.338 e. The number of hydrogen-bond donors (Lipinski definition) is 1. The summed E-state index contributed by atoms with van der Waals surface area (Å²) in [5, 5.41) is 3.16. The molecule has 0 spiro atoms. The molecule has 180 valence electrons. The summed E-state index contributed by atoms with van der Waals surface area (Å²) in [5.41, 5.74) is 4.57. The first-order valence-electron chi connectivity index (χ1n) is 11.3. The fraction of sp³-hybridized carbons (Fsp3) is 0.250. The largest absolute Gasteiger partial charge is 0.489 e. The molecule has 0 unspecified atom stereocenters. The fourth-order valence-electron chi connectivity index (χ4n) is 3.41. The van der Waals surface area contributed by atoms with Crippen LogP contribution in [0.5, 0.6) is 5.75 Å². The first kappa shape index (κ1) is 24.4. The summed E-state index contributed by atoms with van der Waals surface area (Å²) in [5.74, 6) is -0.210. The van der Waals surface area contributed by atoms with Gasteiger partial charge in [-0.2, -0.15) is 0 Å².